The largest absolute Gasteiger partial charge is 0.454 e. The summed E-state index contributed by atoms with van der Waals surface area (Å²) in [5.41, 5.74) is 2.63. The third-order valence-electron chi connectivity index (χ3n) is 6.88. The molecule has 2 bridgehead atoms. The van der Waals surface area contributed by atoms with Crippen LogP contribution in [0.25, 0.3) is 0 Å². The molecule has 1 aromatic carbocycles. The average Bonchev–Trinajstić information content (AvgIpc) is 3.40. The molecule has 164 valence electrons. The Morgan fingerprint density at radius 1 is 1.10 bits per heavy atom. The number of imide groups is 1. The van der Waals surface area contributed by atoms with Gasteiger partial charge in [0.1, 0.15) is 6.04 Å². The van der Waals surface area contributed by atoms with E-state index in [4.69, 9.17) is 4.74 Å². The van der Waals surface area contributed by atoms with E-state index in [0.717, 1.165) is 22.4 Å². The fourth-order valence-corrected chi connectivity index (χ4v) is 5.17. The van der Waals surface area contributed by atoms with Gasteiger partial charge in [-0.15, -0.1) is 0 Å². The van der Waals surface area contributed by atoms with Crippen LogP contribution in [-0.4, -0.2) is 41.2 Å². The maximum absolute atomic E-state index is 13.1. The molecule has 7 nitrogen and oxygen atoms in total. The van der Waals surface area contributed by atoms with Crippen molar-refractivity contribution in [2.75, 3.05) is 11.9 Å². The van der Waals surface area contributed by atoms with Crippen LogP contribution in [0.5, 0.6) is 0 Å². The standard InChI is InChI=1S/C24H28N2O5/c1-12(2)21(26-22(28)19-15-8-9-16(10-15)20(19)23(26)29)24(30)31-11-18(27)25-17-7-5-6-13(3)14(17)4/h5-9,12,15-16,19-21H,10-11H2,1-4H3,(H,25,27)/t15-,16-,19+,20+,21-/m0/s1. The molecular weight excluding hydrogens is 396 g/mol. The summed E-state index contributed by atoms with van der Waals surface area (Å²) in [7, 11) is 0. The van der Waals surface area contributed by atoms with Crippen LogP contribution in [0, 0.1) is 43.4 Å². The van der Waals surface area contributed by atoms with Gasteiger partial charge in [-0.3, -0.25) is 19.3 Å². The van der Waals surface area contributed by atoms with Gasteiger partial charge in [0.25, 0.3) is 5.91 Å². The maximum atomic E-state index is 13.1. The van der Waals surface area contributed by atoms with Crippen LogP contribution in [-0.2, 0) is 23.9 Å². The second-order valence-electron chi connectivity index (χ2n) is 9.14. The molecule has 0 unspecified atom stereocenters. The van der Waals surface area contributed by atoms with Crippen molar-refractivity contribution in [1.82, 2.24) is 4.90 Å². The molecule has 5 atom stereocenters. The number of anilines is 1. The number of fused-ring (bicyclic) bond motifs is 5. The van der Waals surface area contributed by atoms with Gasteiger partial charge in [0, 0.05) is 5.69 Å². The van der Waals surface area contributed by atoms with Gasteiger partial charge in [0.15, 0.2) is 6.61 Å². The first-order chi connectivity index (χ1) is 14.7. The van der Waals surface area contributed by atoms with Crippen molar-refractivity contribution in [2.45, 2.75) is 40.2 Å². The minimum atomic E-state index is -1.03. The van der Waals surface area contributed by atoms with E-state index < -0.39 is 24.5 Å². The van der Waals surface area contributed by atoms with Crippen molar-refractivity contribution >= 4 is 29.4 Å². The highest BCUT2D eigenvalue weighted by molar-refractivity contribution is 6.09. The average molecular weight is 424 g/mol. The number of aryl methyl sites for hydroxylation is 1. The number of hydrogen-bond acceptors (Lipinski definition) is 5. The van der Waals surface area contributed by atoms with E-state index in [1.165, 1.54) is 0 Å². The number of likely N-dealkylation sites (tertiary alicyclic amines) is 1. The van der Waals surface area contributed by atoms with Gasteiger partial charge in [0.2, 0.25) is 11.8 Å². The molecule has 1 aromatic rings. The monoisotopic (exact) mass is 424 g/mol. The molecule has 2 aliphatic carbocycles. The number of benzene rings is 1. The number of esters is 1. The highest BCUT2D eigenvalue weighted by Gasteiger charge is 2.61. The molecule has 2 fully saturated rings. The molecule has 1 saturated heterocycles. The van der Waals surface area contributed by atoms with Crippen molar-refractivity contribution in [2.24, 2.45) is 29.6 Å². The van der Waals surface area contributed by atoms with E-state index in [0.29, 0.717) is 5.69 Å². The Bertz CT molecular complexity index is 952. The number of nitrogens with one attached hydrogen (secondary N) is 1. The molecule has 1 heterocycles. The second-order valence-corrected chi connectivity index (χ2v) is 9.14. The number of carbonyl (C=O) groups is 4. The molecule has 4 rings (SSSR count). The van der Waals surface area contributed by atoms with Crippen LogP contribution in [0.3, 0.4) is 0 Å². The van der Waals surface area contributed by atoms with Gasteiger partial charge in [-0.05, 0) is 55.2 Å². The molecule has 1 N–H and O–H groups in total. The van der Waals surface area contributed by atoms with E-state index in [-0.39, 0.29) is 41.4 Å². The first kappa shape index (κ1) is 21.3. The normalized spacial score (nSPS) is 27.1. The van der Waals surface area contributed by atoms with Crippen molar-refractivity contribution in [1.29, 1.82) is 0 Å². The maximum Gasteiger partial charge on any atom is 0.330 e. The molecule has 1 aliphatic heterocycles. The second kappa shape index (κ2) is 7.94. The number of ether oxygens (including phenoxy) is 1. The van der Waals surface area contributed by atoms with E-state index in [1.54, 1.807) is 19.9 Å². The highest BCUT2D eigenvalue weighted by atomic mass is 16.5. The lowest BCUT2D eigenvalue weighted by atomic mass is 9.85. The van der Waals surface area contributed by atoms with Crippen LogP contribution in [0.2, 0.25) is 0 Å². The number of rotatable bonds is 6. The number of allylic oxidation sites excluding steroid dienone is 2. The SMILES string of the molecule is Cc1cccc(NC(=O)COC(=O)[C@H](C(C)C)N2C(=O)[C@H]3[C@H](C2=O)[C@H]2C=C[C@H]3C2)c1C. The Morgan fingerprint density at radius 3 is 2.29 bits per heavy atom. The smallest absolute Gasteiger partial charge is 0.330 e. The van der Waals surface area contributed by atoms with Gasteiger partial charge >= 0.3 is 5.97 Å². The fourth-order valence-electron chi connectivity index (χ4n) is 5.17. The summed E-state index contributed by atoms with van der Waals surface area (Å²) in [6, 6.07) is 4.53. The minimum Gasteiger partial charge on any atom is -0.454 e. The summed E-state index contributed by atoms with van der Waals surface area (Å²) in [6.45, 7) is 6.90. The van der Waals surface area contributed by atoms with E-state index in [1.807, 2.05) is 38.1 Å². The van der Waals surface area contributed by atoms with Gasteiger partial charge < -0.3 is 10.1 Å². The van der Waals surface area contributed by atoms with Crippen molar-refractivity contribution in [3.8, 4) is 0 Å². The lowest BCUT2D eigenvalue weighted by Gasteiger charge is -2.28. The summed E-state index contributed by atoms with van der Waals surface area (Å²) in [5, 5.41) is 2.74. The molecule has 3 amide bonds. The zero-order valence-corrected chi connectivity index (χ0v) is 18.3. The Balaban J connectivity index is 1.43. The van der Waals surface area contributed by atoms with Gasteiger partial charge in [0.05, 0.1) is 11.8 Å². The minimum absolute atomic E-state index is 0.0728. The summed E-state index contributed by atoms with van der Waals surface area (Å²) in [4.78, 5) is 52.5. The van der Waals surface area contributed by atoms with Crippen LogP contribution in [0.4, 0.5) is 5.69 Å². The van der Waals surface area contributed by atoms with Crippen molar-refractivity contribution in [3.63, 3.8) is 0 Å². The van der Waals surface area contributed by atoms with E-state index >= 15 is 0 Å². The fraction of sp³-hybridized carbons (Fsp3) is 0.500. The van der Waals surface area contributed by atoms with Gasteiger partial charge in [-0.25, -0.2) is 4.79 Å². The van der Waals surface area contributed by atoms with Crippen LogP contribution in [0.15, 0.2) is 30.4 Å². The number of carbonyl (C=O) groups excluding carboxylic acids is 4. The lowest BCUT2D eigenvalue weighted by Crippen LogP contribution is -2.50. The first-order valence-corrected chi connectivity index (χ1v) is 10.8. The Kier molecular flexibility index (Phi) is 5.45. The molecular formula is C24H28N2O5. The molecule has 0 aromatic heterocycles. The van der Waals surface area contributed by atoms with Crippen molar-refractivity contribution < 1.29 is 23.9 Å². The molecule has 1 saturated carbocycles. The number of hydrogen-bond donors (Lipinski definition) is 1. The summed E-state index contributed by atoms with van der Waals surface area (Å²) in [6.07, 6.45) is 4.86. The van der Waals surface area contributed by atoms with Gasteiger partial charge in [-0.2, -0.15) is 0 Å². The third-order valence-corrected chi connectivity index (χ3v) is 6.88. The van der Waals surface area contributed by atoms with Crippen LogP contribution >= 0.6 is 0 Å². The predicted octanol–water partition coefficient (Wildman–Crippen LogP) is 2.62. The quantitative estimate of drug-likeness (QED) is 0.431. The Morgan fingerprint density at radius 2 is 1.71 bits per heavy atom. The van der Waals surface area contributed by atoms with Crippen molar-refractivity contribution in [3.05, 3.63) is 41.5 Å². The van der Waals surface area contributed by atoms with E-state index in [2.05, 4.69) is 5.32 Å². The first-order valence-electron chi connectivity index (χ1n) is 10.8. The lowest BCUT2D eigenvalue weighted by molar-refractivity contribution is -0.162. The Hall–Kier alpha value is -2.96. The number of nitrogens with zero attached hydrogens (tertiary/aromatic N) is 1. The molecule has 31 heavy (non-hydrogen) atoms. The van der Waals surface area contributed by atoms with E-state index in [9.17, 15) is 19.2 Å². The summed E-state index contributed by atoms with van der Waals surface area (Å²) in [5.74, 6) is -2.70. The molecule has 3 aliphatic rings. The van der Waals surface area contributed by atoms with Gasteiger partial charge in [-0.1, -0.05) is 38.1 Å². The topological polar surface area (TPSA) is 92.8 Å². The highest BCUT2D eigenvalue weighted by Crippen LogP contribution is 2.53. The molecule has 0 radical (unpaired) electrons. The Labute approximate surface area is 181 Å². The van der Waals surface area contributed by atoms with Crippen LogP contribution < -0.4 is 5.32 Å². The molecule has 0 spiro atoms. The zero-order valence-electron chi connectivity index (χ0n) is 18.3. The molecule has 7 heteroatoms. The third kappa shape index (κ3) is 3.56. The number of amides is 3. The zero-order chi connectivity index (χ0) is 22.4. The summed E-state index contributed by atoms with van der Waals surface area (Å²) >= 11 is 0. The summed E-state index contributed by atoms with van der Waals surface area (Å²) < 4.78 is 5.26. The van der Waals surface area contributed by atoms with Crippen LogP contribution in [0.1, 0.15) is 31.4 Å². The predicted molar refractivity (Wildman–Crippen MR) is 114 cm³/mol.